The number of halogens is 2. The van der Waals surface area contributed by atoms with Gasteiger partial charge < -0.3 is 15.8 Å². The molecule has 2 aromatic carbocycles. The van der Waals surface area contributed by atoms with Crippen LogP contribution in [0.1, 0.15) is 22.0 Å². The predicted octanol–water partition coefficient (Wildman–Crippen LogP) is 2.24. The van der Waals surface area contributed by atoms with Crippen LogP contribution in [-0.2, 0) is 4.79 Å². The van der Waals surface area contributed by atoms with Crippen LogP contribution >= 0.6 is 0 Å². The summed E-state index contributed by atoms with van der Waals surface area (Å²) in [5, 5.41) is 2.47. The van der Waals surface area contributed by atoms with Crippen LogP contribution in [-0.4, -0.2) is 18.4 Å². The highest BCUT2D eigenvalue weighted by molar-refractivity contribution is 5.97. The highest BCUT2D eigenvalue weighted by atomic mass is 19.3. The lowest BCUT2D eigenvalue weighted by Gasteiger charge is -2.16. The molecule has 0 saturated carbocycles. The van der Waals surface area contributed by atoms with E-state index in [0.717, 1.165) is 6.07 Å². The minimum absolute atomic E-state index is 0.0744. The Morgan fingerprint density at radius 2 is 1.74 bits per heavy atom. The SMILES string of the molecule is NC(=O)C(NC(=O)c1cccc(OC(F)F)c1)c1ccccc1. The second kappa shape index (κ2) is 7.35. The first-order valence-electron chi connectivity index (χ1n) is 6.67. The molecule has 2 amide bonds. The zero-order chi connectivity index (χ0) is 16.8. The normalized spacial score (nSPS) is 11.8. The van der Waals surface area contributed by atoms with Gasteiger partial charge in [0.15, 0.2) is 0 Å². The van der Waals surface area contributed by atoms with Crippen molar-refractivity contribution in [2.24, 2.45) is 5.73 Å². The van der Waals surface area contributed by atoms with Gasteiger partial charge in [-0.15, -0.1) is 0 Å². The summed E-state index contributed by atoms with van der Waals surface area (Å²) >= 11 is 0. The molecule has 23 heavy (non-hydrogen) atoms. The van der Waals surface area contributed by atoms with Crippen molar-refractivity contribution in [3.05, 3.63) is 65.7 Å². The topological polar surface area (TPSA) is 81.4 Å². The van der Waals surface area contributed by atoms with Gasteiger partial charge in [0, 0.05) is 5.56 Å². The summed E-state index contributed by atoms with van der Waals surface area (Å²) in [5.41, 5.74) is 5.91. The Morgan fingerprint density at radius 1 is 1.04 bits per heavy atom. The predicted molar refractivity (Wildman–Crippen MR) is 78.9 cm³/mol. The van der Waals surface area contributed by atoms with Gasteiger partial charge >= 0.3 is 6.61 Å². The lowest BCUT2D eigenvalue weighted by molar-refractivity contribution is -0.120. The van der Waals surface area contributed by atoms with Gasteiger partial charge in [-0.25, -0.2) is 0 Å². The Balaban J connectivity index is 2.18. The molecule has 0 fully saturated rings. The van der Waals surface area contributed by atoms with Crippen molar-refractivity contribution in [1.29, 1.82) is 0 Å². The number of rotatable bonds is 6. The average molecular weight is 320 g/mol. The van der Waals surface area contributed by atoms with E-state index in [4.69, 9.17) is 5.73 Å². The van der Waals surface area contributed by atoms with Crippen molar-refractivity contribution in [2.75, 3.05) is 0 Å². The zero-order valence-corrected chi connectivity index (χ0v) is 11.9. The maximum atomic E-state index is 12.2. The number of carbonyl (C=O) groups excluding carboxylic acids is 2. The molecular formula is C16H14F2N2O3. The summed E-state index contributed by atoms with van der Waals surface area (Å²) in [4.78, 5) is 23.8. The molecule has 0 aromatic heterocycles. The summed E-state index contributed by atoms with van der Waals surface area (Å²) in [7, 11) is 0. The highest BCUT2D eigenvalue weighted by Crippen LogP contribution is 2.18. The smallest absolute Gasteiger partial charge is 0.387 e. The van der Waals surface area contributed by atoms with E-state index in [-0.39, 0.29) is 11.3 Å². The van der Waals surface area contributed by atoms with E-state index in [9.17, 15) is 18.4 Å². The fraction of sp³-hybridized carbons (Fsp3) is 0.125. The number of nitrogens with two attached hydrogens (primary N) is 1. The molecule has 0 bridgehead atoms. The first kappa shape index (κ1) is 16.4. The summed E-state index contributed by atoms with van der Waals surface area (Å²) in [6.07, 6.45) is 0. The first-order valence-corrected chi connectivity index (χ1v) is 6.67. The van der Waals surface area contributed by atoms with Gasteiger partial charge in [-0.05, 0) is 23.8 Å². The minimum atomic E-state index is -2.99. The molecule has 5 nitrogen and oxygen atoms in total. The molecule has 0 saturated heterocycles. The molecule has 0 heterocycles. The standard InChI is InChI=1S/C16H14F2N2O3/c17-16(18)23-12-8-4-7-11(9-12)15(22)20-13(14(19)21)10-5-2-1-3-6-10/h1-9,13,16H,(H2,19,21)(H,20,22). The molecule has 3 N–H and O–H groups in total. The van der Waals surface area contributed by atoms with Crippen LogP contribution in [0.5, 0.6) is 5.75 Å². The van der Waals surface area contributed by atoms with Crippen LogP contribution in [0.25, 0.3) is 0 Å². The number of carbonyl (C=O) groups is 2. The summed E-state index contributed by atoms with van der Waals surface area (Å²) < 4.78 is 28.7. The Bertz CT molecular complexity index is 693. The van der Waals surface area contributed by atoms with E-state index in [0.29, 0.717) is 5.56 Å². The van der Waals surface area contributed by atoms with Gasteiger partial charge in [0.25, 0.3) is 5.91 Å². The van der Waals surface area contributed by atoms with E-state index in [1.165, 1.54) is 18.2 Å². The molecule has 120 valence electrons. The van der Waals surface area contributed by atoms with Crippen LogP contribution in [0.3, 0.4) is 0 Å². The molecule has 2 aromatic rings. The zero-order valence-electron chi connectivity index (χ0n) is 11.9. The molecule has 1 unspecified atom stereocenters. The third kappa shape index (κ3) is 4.50. The molecule has 0 spiro atoms. The van der Waals surface area contributed by atoms with Gasteiger partial charge in [0.1, 0.15) is 11.8 Å². The quantitative estimate of drug-likeness (QED) is 0.856. The number of benzene rings is 2. The number of nitrogens with one attached hydrogen (secondary N) is 1. The van der Waals surface area contributed by atoms with Gasteiger partial charge in [-0.2, -0.15) is 8.78 Å². The molecule has 1 atom stereocenters. The van der Waals surface area contributed by atoms with Crippen molar-refractivity contribution < 1.29 is 23.1 Å². The highest BCUT2D eigenvalue weighted by Gasteiger charge is 2.21. The van der Waals surface area contributed by atoms with Crippen LogP contribution in [0, 0.1) is 0 Å². The van der Waals surface area contributed by atoms with Crippen LogP contribution in [0.4, 0.5) is 8.78 Å². The summed E-state index contributed by atoms with van der Waals surface area (Å²) in [6, 6.07) is 12.7. The van der Waals surface area contributed by atoms with E-state index >= 15 is 0 Å². The molecule has 7 heteroatoms. The third-order valence-electron chi connectivity index (χ3n) is 3.01. The second-order valence-corrected chi connectivity index (χ2v) is 4.63. The lowest BCUT2D eigenvalue weighted by Crippen LogP contribution is -2.37. The Morgan fingerprint density at radius 3 is 2.35 bits per heavy atom. The van der Waals surface area contributed by atoms with Gasteiger partial charge in [0.2, 0.25) is 5.91 Å². The molecule has 0 radical (unpaired) electrons. The summed E-state index contributed by atoms with van der Waals surface area (Å²) in [6.45, 7) is -2.99. The number of amides is 2. The number of ether oxygens (including phenoxy) is 1. The Kier molecular flexibility index (Phi) is 5.24. The van der Waals surface area contributed by atoms with Crippen molar-refractivity contribution in [3.63, 3.8) is 0 Å². The molecule has 2 rings (SSSR count). The Hall–Kier alpha value is -2.96. The van der Waals surface area contributed by atoms with Crippen molar-refractivity contribution in [2.45, 2.75) is 12.7 Å². The maximum Gasteiger partial charge on any atom is 0.387 e. The van der Waals surface area contributed by atoms with E-state index in [1.807, 2.05) is 0 Å². The van der Waals surface area contributed by atoms with Gasteiger partial charge in [-0.3, -0.25) is 9.59 Å². The molecule has 0 aliphatic rings. The van der Waals surface area contributed by atoms with Crippen LogP contribution in [0.2, 0.25) is 0 Å². The fourth-order valence-corrected chi connectivity index (χ4v) is 1.99. The van der Waals surface area contributed by atoms with Crippen molar-refractivity contribution >= 4 is 11.8 Å². The molecule has 0 aliphatic heterocycles. The lowest BCUT2D eigenvalue weighted by atomic mass is 10.1. The Labute approximate surface area is 131 Å². The van der Waals surface area contributed by atoms with Gasteiger partial charge in [-0.1, -0.05) is 36.4 Å². The number of primary amides is 1. The van der Waals surface area contributed by atoms with E-state index < -0.39 is 24.5 Å². The summed E-state index contributed by atoms with van der Waals surface area (Å²) in [5.74, 6) is -1.51. The second-order valence-electron chi connectivity index (χ2n) is 4.63. The van der Waals surface area contributed by atoms with E-state index in [2.05, 4.69) is 10.1 Å². The maximum absolute atomic E-state index is 12.2. The largest absolute Gasteiger partial charge is 0.435 e. The number of hydrogen-bond donors (Lipinski definition) is 2. The van der Waals surface area contributed by atoms with Crippen LogP contribution in [0.15, 0.2) is 54.6 Å². The van der Waals surface area contributed by atoms with Gasteiger partial charge in [0.05, 0.1) is 0 Å². The van der Waals surface area contributed by atoms with Crippen LogP contribution < -0.4 is 15.8 Å². The molecular weight excluding hydrogens is 306 g/mol. The van der Waals surface area contributed by atoms with Crippen molar-refractivity contribution in [1.82, 2.24) is 5.32 Å². The van der Waals surface area contributed by atoms with E-state index in [1.54, 1.807) is 30.3 Å². The average Bonchev–Trinajstić information content (AvgIpc) is 2.52. The monoisotopic (exact) mass is 320 g/mol. The van der Waals surface area contributed by atoms with Crippen molar-refractivity contribution in [3.8, 4) is 5.75 Å². The number of alkyl halides is 2. The fourth-order valence-electron chi connectivity index (χ4n) is 1.99. The first-order chi connectivity index (χ1) is 11.0. The number of hydrogen-bond acceptors (Lipinski definition) is 3. The third-order valence-corrected chi connectivity index (χ3v) is 3.01. The molecule has 0 aliphatic carbocycles. The minimum Gasteiger partial charge on any atom is -0.435 e.